The molecule has 5 heteroatoms. The molecule has 0 spiro atoms. The van der Waals surface area contributed by atoms with Gasteiger partial charge in [-0.2, -0.15) is 0 Å². The minimum atomic E-state index is -0.0781. The summed E-state index contributed by atoms with van der Waals surface area (Å²) in [5.74, 6) is 0.779. The molecule has 0 aliphatic carbocycles. The predicted octanol–water partition coefficient (Wildman–Crippen LogP) is 5.20. The fraction of sp³-hybridized carbons (Fsp3) is 0.190. The van der Waals surface area contributed by atoms with Gasteiger partial charge < -0.3 is 9.64 Å². The smallest absolute Gasteiger partial charge is 0.254 e. The van der Waals surface area contributed by atoms with Gasteiger partial charge in [-0.05, 0) is 65.4 Å². The van der Waals surface area contributed by atoms with Crippen LogP contribution >= 0.6 is 22.9 Å². The zero-order chi connectivity index (χ0) is 18.1. The summed E-state index contributed by atoms with van der Waals surface area (Å²) in [5, 5.41) is 2.80. The van der Waals surface area contributed by atoms with Crippen LogP contribution in [-0.2, 0) is 6.42 Å². The number of hydrogen-bond donors (Lipinski definition) is 0. The number of amides is 1. The van der Waals surface area contributed by atoms with E-state index in [0.717, 1.165) is 17.7 Å². The Hall–Kier alpha value is -2.30. The van der Waals surface area contributed by atoms with Crippen LogP contribution in [0.1, 0.15) is 32.4 Å². The number of thiophene rings is 1. The van der Waals surface area contributed by atoms with E-state index in [9.17, 15) is 4.79 Å². The van der Waals surface area contributed by atoms with E-state index in [1.165, 1.54) is 10.4 Å². The minimum absolute atomic E-state index is 0.0339. The highest BCUT2D eigenvalue weighted by molar-refractivity contribution is 7.10. The molecule has 0 N–H and O–H groups in total. The van der Waals surface area contributed by atoms with Gasteiger partial charge in [0.15, 0.2) is 0 Å². The molecule has 2 heterocycles. The number of methoxy groups -OCH3 is 1. The molecule has 0 saturated heterocycles. The highest BCUT2D eigenvalue weighted by Gasteiger charge is 2.33. The number of ether oxygens (including phenoxy) is 1. The number of halogens is 1. The van der Waals surface area contributed by atoms with Gasteiger partial charge in [-0.3, -0.25) is 4.79 Å². The van der Waals surface area contributed by atoms with Crippen molar-refractivity contribution in [2.24, 2.45) is 0 Å². The van der Waals surface area contributed by atoms with E-state index < -0.39 is 0 Å². The molecule has 1 atom stereocenters. The van der Waals surface area contributed by atoms with Gasteiger partial charge in [0.2, 0.25) is 0 Å². The fourth-order valence-electron chi connectivity index (χ4n) is 3.40. The molecule has 0 radical (unpaired) electrons. The molecule has 3 nitrogen and oxygen atoms in total. The summed E-state index contributed by atoms with van der Waals surface area (Å²) in [5.41, 5.74) is 3.08. The fourth-order valence-corrected chi connectivity index (χ4v) is 4.62. The van der Waals surface area contributed by atoms with Gasteiger partial charge >= 0.3 is 0 Å². The van der Waals surface area contributed by atoms with Crippen molar-refractivity contribution >= 4 is 28.8 Å². The summed E-state index contributed by atoms with van der Waals surface area (Å²) in [6.45, 7) is 0.696. The van der Waals surface area contributed by atoms with Crippen LogP contribution in [0.25, 0.3) is 0 Å². The van der Waals surface area contributed by atoms with E-state index in [1.807, 2.05) is 53.4 Å². The summed E-state index contributed by atoms with van der Waals surface area (Å²) >= 11 is 7.77. The van der Waals surface area contributed by atoms with Gasteiger partial charge in [-0.1, -0.05) is 23.7 Å². The number of rotatable bonds is 3. The first-order valence-corrected chi connectivity index (χ1v) is 9.70. The average Bonchev–Trinajstić information content (AvgIpc) is 3.16. The Labute approximate surface area is 161 Å². The summed E-state index contributed by atoms with van der Waals surface area (Å²) in [4.78, 5) is 16.4. The Kier molecular flexibility index (Phi) is 4.70. The zero-order valence-electron chi connectivity index (χ0n) is 14.3. The van der Waals surface area contributed by atoms with Crippen molar-refractivity contribution < 1.29 is 9.53 Å². The maximum Gasteiger partial charge on any atom is 0.254 e. The van der Waals surface area contributed by atoms with Crippen LogP contribution in [0, 0.1) is 0 Å². The van der Waals surface area contributed by atoms with E-state index in [2.05, 4.69) is 11.4 Å². The van der Waals surface area contributed by atoms with Gasteiger partial charge in [-0.15, -0.1) is 11.3 Å². The first kappa shape index (κ1) is 17.1. The molecule has 1 aliphatic rings. The lowest BCUT2D eigenvalue weighted by atomic mass is 9.94. The van der Waals surface area contributed by atoms with Crippen molar-refractivity contribution in [1.82, 2.24) is 4.90 Å². The first-order chi connectivity index (χ1) is 12.7. The normalized spacial score (nSPS) is 16.2. The Balaban J connectivity index is 1.73. The van der Waals surface area contributed by atoms with E-state index in [1.54, 1.807) is 18.4 Å². The maximum atomic E-state index is 13.2. The van der Waals surface area contributed by atoms with Crippen molar-refractivity contribution in [3.63, 3.8) is 0 Å². The molecule has 132 valence electrons. The third kappa shape index (κ3) is 3.11. The zero-order valence-corrected chi connectivity index (χ0v) is 15.9. The van der Waals surface area contributed by atoms with Crippen LogP contribution in [0.5, 0.6) is 5.75 Å². The summed E-state index contributed by atoms with van der Waals surface area (Å²) in [6.07, 6.45) is 0.880. The van der Waals surface area contributed by atoms with Gasteiger partial charge in [0, 0.05) is 22.0 Å². The van der Waals surface area contributed by atoms with Crippen molar-refractivity contribution in [1.29, 1.82) is 0 Å². The number of nitrogens with zero attached hydrogens (tertiary/aromatic N) is 1. The molecule has 1 unspecified atom stereocenters. The molecule has 3 aromatic rings. The second-order valence-electron chi connectivity index (χ2n) is 6.24. The molecule has 2 aromatic carbocycles. The maximum absolute atomic E-state index is 13.2. The Morgan fingerprint density at radius 3 is 2.54 bits per heavy atom. The quantitative estimate of drug-likeness (QED) is 0.622. The van der Waals surface area contributed by atoms with E-state index >= 15 is 0 Å². The monoisotopic (exact) mass is 383 g/mol. The topological polar surface area (TPSA) is 29.5 Å². The minimum Gasteiger partial charge on any atom is -0.497 e. The van der Waals surface area contributed by atoms with Gasteiger partial charge in [0.1, 0.15) is 5.75 Å². The van der Waals surface area contributed by atoms with Crippen LogP contribution in [0.4, 0.5) is 0 Å². The number of carbonyl (C=O) groups is 1. The van der Waals surface area contributed by atoms with Gasteiger partial charge in [0.05, 0.1) is 13.2 Å². The molecule has 1 aliphatic heterocycles. The lowest BCUT2D eigenvalue weighted by Crippen LogP contribution is -2.40. The number of hydrogen-bond acceptors (Lipinski definition) is 3. The second-order valence-corrected chi connectivity index (χ2v) is 7.63. The Morgan fingerprint density at radius 1 is 1.12 bits per heavy atom. The van der Waals surface area contributed by atoms with Crippen LogP contribution in [0.2, 0.25) is 5.02 Å². The highest BCUT2D eigenvalue weighted by Crippen LogP contribution is 2.39. The third-order valence-corrected chi connectivity index (χ3v) is 6.01. The van der Waals surface area contributed by atoms with E-state index in [-0.39, 0.29) is 11.9 Å². The van der Waals surface area contributed by atoms with Crippen LogP contribution in [0.15, 0.2) is 60.0 Å². The highest BCUT2D eigenvalue weighted by atomic mass is 35.5. The van der Waals surface area contributed by atoms with Crippen LogP contribution in [0.3, 0.4) is 0 Å². The lowest BCUT2D eigenvalue weighted by Gasteiger charge is -2.36. The summed E-state index contributed by atoms with van der Waals surface area (Å²) in [6, 6.07) is 17.2. The second kappa shape index (κ2) is 7.14. The van der Waals surface area contributed by atoms with Gasteiger partial charge in [0.25, 0.3) is 5.91 Å². The number of carbonyl (C=O) groups excluding carboxylic acids is 1. The molecule has 1 aromatic heterocycles. The predicted molar refractivity (Wildman–Crippen MR) is 105 cm³/mol. The standard InChI is InChI=1S/C21H18ClNO2S/c1-25-18-8-4-16(5-9-18)21(24)23-12-10-15-11-13-26-20(15)19(23)14-2-6-17(22)7-3-14/h2-9,11,13,19H,10,12H2,1H3. The van der Waals surface area contributed by atoms with Crippen molar-refractivity contribution in [2.75, 3.05) is 13.7 Å². The first-order valence-electron chi connectivity index (χ1n) is 8.44. The molecule has 4 rings (SSSR count). The third-order valence-electron chi connectivity index (χ3n) is 4.75. The summed E-state index contributed by atoms with van der Waals surface area (Å²) in [7, 11) is 1.62. The van der Waals surface area contributed by atoms with Crippen molar-refractivity contribution in [3.8, 4) is 5.75 Å². The summed E-state index contributed by atoms with van der Waals surface area (Å²) < 4.78 is 5.20. The van der Waals surface area contributed by atoms with E-state index in [4.69, 9.17) is 16.3 Å². The number of fused-ring (bicyclic) bond motifs is 1. The Bertz CT molecular complexity index is 918. The van der Waals surface area contributed by atoms with Crippen LogP contribution in [-0.4, -0.2) is 24.5 Å². The molecular formula is C21H18ClNO2S. The molecule has 1 amide bonds. The van der Waals surface area contributed by atoms with Gasteiger partial charge in [-0.25, -0.2) is 0 Å². The van der Waals surface area contributed by atoms with Crippen LogP contribution < -0.4 is 4.74 Å². The Morgan fingerprint density at radius 2 is 1.85 bits per heavy atom. The SMILES string of the molecule is COc1ccc(C(=O)N2CCc3ccsc3C2c2ccc(Cl)cc2)cc1. The molecule has 0 bridgehead atoms. The largest absolute Gasteiger partial charge is 0.497 e. The van der Waals surface area contributed by atoms with Crippen molar-refractivity contribution in [2.45, 2.75) is 12.5 Å². The molecular weight excluding hydrogens is 366 g/mol. The van der Waals surface area contributed by atoms with E-state index in [0.29, 0.717) is 17.1 Å². The average molecular weight is 384 g/mol. The molecule has 0 saturated carbocycles. The number of benzene rings is 2. The molecule has 26 heavy (non-hydrogen) atoms. The lowest BCUT2D eigenvalue weighted by molar-refractivity contribution is 0.0698. The van der Waals surface area contributed by atoms with Crippen molar-refractivity contribution in [3.05, 3.63) is 86.6 Å². The molecule has 0 fully saturated rings.